The predicted molar refractivity (Wildman–Crippen MR) is 127 cm³/mol. The van der Waals surface area contributed by atoms with E-state index in [9.17, 15) is 24.3 Å². The van der Waals surface area contributed by atoms with Crippen LogP contribution in [0.15, 0.2) is 59.7 Å². The molecule has 4 amide bonds. The Bertz CT molecular complexity index is 1110. The lowest BCUT2D eigenvalue weighted by Gasteiger charge is -2.35. The molecule has 34 heavy (non-hydrogen) atoms. The highest BCUT2D eigenvalue weighted by atomic mass is 35.5. The molecular formula is C23H26ClN5O5. The highest BCUT2D eigenvalue weighted by molar-refractivity contribution is 6.08. The number of urea groups is 1. The smallest absolute Gasteiger partial charge is 0.347 e. The highest BCUT2D eigenvalue weighted by Gasteiger charge is 2.57. The van der Waals surface area contributed by atoms with Crippen molar-refractivity contribution in [2.75, 3.05) is 7.05 Å². The molecule has 10 nitrogen and oxygen atoms in total. The normalized spacial score (nSPS) is 18.7. The first-order chi connectivity index (χ1) is 15.6. The zero-order valence-corrected chi connectivity index (χ0v) is 19.7. The fraction of sp³-hybridized carbons (Fsp3) is 0.261. The number of amides is 4. The van der Waals surface area contributed by atoms with E-state index < -0.39 is 41.8 Å². The number of carbonyl (C=O) groups excluding carboxylic acids is 3. The molecule has 0 aromatic heterocycles. The third kappa shape index (κ3) is 4.58. The molecule has 2 unspecified atom stereocenters. The van der Waals surface area contributed by atoms with Gasteiger partial charge in [-0.25, -0.2) is 9.80 Å². The number of hydrogen-bond acceptors (Lipinski definition) is 6. The molecule has 1 saturated heterocycles. The monoisotopic (exact) mass is 487 g/mol. The number of carbonyl (C=O) groups is 4. The van der Waals surface area contributed by atoms with E-state index in [4.69, 9.17) is 5.84 Å². The summed E-state index contributed by atoms with van der Waals surface area (Å²) in [6.07, 6.45) is 0.950. The lowest BCUT2D eigenvalue weighted by molar-refractivity contribution is -0.162. The van der Waals surface area contributed by atoms with E-state index in [1.165, 1.54) is 25.1 Å². The Morgan fingerprint density at radius 1 is 1.15 bits per heavy atom. The molecular weight excluding hydrogens is 462 g/mol. The Morgan fingerprint density at radius 2 is 1.74 bits per heavy atom. The lowest BCUT2D eigenvalue weighted by Crippen LogP contribution is -2.52. The number of hydrazine groups is 1. The van der Waals surface area contributed by atoms with Crippen LogP contribution in [0.25, 0.3) is 0 Å². The van der Waals surface area contributed by atoms with Crippen LogP contribution in [0.2, 0.25) is 0 Å². The van der Waals surface area contributed by atoms with Crippen molar-refractivity contribution in [3.63, 3.8) is 0 Å². The third-order valence-corrected chi connectivity index (χ3v) is 5.83. The van der Waals surface area contributed by atoms with Gasteiger partial charge in [0.15, 0.2) is 0 Å². The number of imide groups is 1. The molecule has 11 heteroatoms. The molecule has 3 N–H and O–H groups in total. The van der Waals surface area contributed by atoms with Gasteiger partial charge < -0.3 is 15.8 Å². The standard InChI is InChI=1S/C23H25N5O5.ClH/c1-15(29)27(19(13-20(30)31)17-7-5-4-6-8-17)28-21(32)23(2,26(3)22(28)33)18-11-9-16(10-12-18)14-25-24;/h4-12,14,19H,13,24H2,1-3H3,(H,30,31);1H. The van der Waals surface area contributed by atoms with Gasteiger partial charge in [0, 0.05) is 14.0 Å². The minimum atomic E-state index is -1.42. The molecule has 0 radical (unpaired) electrons. The first-order valence-electron chi connectivity index (χ1n) is 10.2. The lowest BCUT2D eigenvalue weighted by atomic mass is 9.90. The Balaban J connectivity index is 0.00000408. The number of carboxylic acid groups (broad SMARTS) is 1. The maximum absolute atomic E-state index is 13.7. The van der Waals surface area contributed by atoms with Crippen LogP contribution in [0.5, 0.6) is 0 Å². The average molecular weight is 488 g/mol. The minimum absolute atomic E-state index is 0. The van der Waals surface area contributed by atoms with E-state index in [0.717, 1.165) is 10.0 Å². The molecule has 180 valence electrons. The second-order valence-electron chi connectivity index (χ2n) is 7.82. The van der Waals surface area contributed by atoms with Crippen molar-refractivity contribution in [2.45, 2.75) is 31.8 Å². The summed E-state index contributed by atoms with van der Waals surface area (Å²) in [6, 6.07) is 13.4. The van der Waals surface area contributed by atoms with Crippen LogP contribution in [0.4, 0.5) is 4.79 Å². The molecule has 0 bridgehead atoms. The fourth-order valence-corrected chi connectivity index (χ4v) is 3.94. The van der Waals surface area contributed by atoms with E-state index in [-0.39, 0.29) is 12.4 Å². The number of nitrogens with two attached hydrogens (primary N) is 1. The second kappa shape index (κ2) is 10.3. The molecule has 2 atom stereocenters. The number of benzene rings is 2. The number of aliphatic carboxylic acids is 1. The van der Waals surface area contributed by atoms with Gasteiger partial charge in [0.2, 0.25) is 5.91 Å². The average Bonchev–Trinajstić information content (AvgIpc) is 2.96. The number of hydrogen-bond donors (Lipinski definition) is 2. The van der Waals surface area contributed by atoms with Gasteiger partial charge in [0.1, 0.15) is 5.54 Å². The number of hydrazone groups is 1. The zero-order chi connectivity index (χ0) is 24.3. The third-order valence-electron chi connectivity index (χ3n) is 5.83. The van der Waals surface area contributed by atoms with E-state index >= 15 is 0 Å². The van der Waals surface area contributed by atoms with Crippen LogP contribution in [0, 0.1) is 0 Å². The summed E-state index contributed by atoms with van der Waals surface area (Å²) < 4.78 is 0. The van der Waals surface area contributed by atoms with Crippen LogP contribution in [0.3, 0.4) is 0 Å². The summed E-state index contributed by atoms with van der Waals surface area (Å²) >= 11 is 0. The molecule has 1 fully saturated rings. The topological polar surface area (TPSA) is 137 Å². The number of nitrogens with zero attached hydrogens (tertiary/aromatic N) is 4. The molecule has 1 aliphatic heterocycles. The van der Waals surface area contributed by atoms with Crippen LogP contribution >= 0.6 is 12.4 Å². The fourth-order valence-electron chi connectivity index (χ4n) is 3.94. The molecule has 3 rings (SSSR count). The van der Waals surface area contributed by atoms with Crippen LogP contribution in [0.1, 0.15) is 43.0 Å². The van der Waals surface area contributed by atoms with Crippen molar-refractivity contribution < 1.29 is 24.3 Å². The number of likely N-dealkylation sites (N-methyl/N-ethyl adjacent to an activating group) is 1. The van der Waals surface area contributed by atoms with Gasteiger partial charge in [-0.2, -0.15) is 10.1 Å². The molecule has 2 aromatic rings. The second-order valence-corrected chi connectivity index (χ2v) is 7.82. The molecule has 2 aromatic carbocycles. The predicted octanol–water partition coefficient (Wildman–Crippen LogP) is 2.49. The van der Waals surface area contributed by atoms with Crippen molar-refractivity contribution in [1.82, 2.24) is 14.9 Å². The van der Waals surface area contributed by atoms with E-state index in [1.54, 1.807) is 61.5 Å². The highest BCUT2D eigenvalue weighted by Crippen LogP contribution is 2.39. The maximum atomic E-state index is 13.7. The number of halogens is 1. The number of carboxylic acids is 1. The van der Waals surface area contributed by atoms with Gasteiger partial charge in [0.25, 0.3) is 5.91 Å². The van der Waals surface area contributed by atoms with Crippen molar-refractivity contribution in [3.05, 3.63) is 71.3 Å². The molecule has 0 aliphatic carbocycles. The Morgan fingerprint density at radius 3 is 2.24 bits per heavy atom. The van der Waals surface area contributed by atoms with E-state index in [1.807, 2.05) is 0 Å². The summed E-state index contributed by atoms with van der Waals surface area (Å²) in [4.78, 5) is 52.6. The summed E-state index contributed by atoms with van der Waals surface area (Å²) in [5.74, 6) is 2.69. The maximum Gasteiger partial charge on any atom is 0.347 e. The quantitative estimate of drug-likeness (QED) is 0.266. The van der Waals surface area contributed by atoms with Gasteiger partial charge >= 0.3 is 12.0 Å². The van der Waals surface area contributed by atoms with Crippen LogP contribution in [-0.4, -0.2) is 57.1 Å². The largest absolute Gasteiger partial charge is 0.481 e. The summed E-state index contributed by atoms with van der Waals surface area (Å²) in [5, 5.41) is 14.6. The first kappa shape index (κ1) is 26.3. The Kier molecular flexibility index (Phi) is 8.01. The molecule has 1 aliphatic rings. The van der Waals surface area contributed by atoms with Gasteiger partial charge in [-0.05, 0) is 23.6 Å². The van der Waals surface area contributed by atoms with Crippen molar-refractivity contribution in [2.24, 2.45) is 10.9 Å². The summed E-state index contributed by atoms with van der Waals surface area (Å²) in [6.45, 7) is 2.77. The van der Waals surface area contributed by atoms with Crippen molar-refractivity contribution in [1.29, 1.82) is 0 Å². The SMILES string of the molecule is CC(=O)N(C(CC(=O)O)c1ccccc1)N1C(=O)N(C)C(C)(c2ccc(C=NN)cc2)C1=O.Cl. The first-order valence-corrected chi connectivity index (χ1v) is 10.2. The zero-order valence-electron chi connectivity index (χ0n) is 18.9. The minimum Gasteiger partial charge on any atom is -0.481 e. The molecule has 1 heterocycles. The van der Waals surface area contributed by atoms with Gasteiger partial charge in [0.05, 0.1) is 18.7 Å². The van der Waals surface area contributed by atoms with Gasteiger partial charge in [-0.1, -0.05) is 54.6 Å². The molecule has 0 spiro atoms. The van der Waals surface area contributed by atoms with E-state index in [0.29, 0.717) is 16.7 Å². The van der Waals surface area contributed by atoms with Gasteiger partial charge in [-0.3, -0.25) is 14.4 Å². The summed E-state index contributed by atoms with van der Waals surface area (Å²) in [5.41, 5.74) is 0.278. The number of rotatable bonds is 7. The van der Waals surface area contributed by atoms with E-state index in [2.05, 4.69) is 5.10 Å². The van der Waals surface area contributed by atoms with Gasteiger partial charge in [-0.15, -0.1) is 12.4 Å². The Labute approximate surface area is 203 Å². The van der Waals surface area contributed by atoms with Crippen molar-refractivity contribution in [3.8, 4) is 0 Å². The molecule has 0 saturated carbocycles. The van der Waals surface area contributed by atoms with Crippen molar-refractivity contribution >= 4 is 42.4 Å². The summed E-state index contributed by atoms with van der Waals surface area (Å²) in [7, 11) is 1.46. The Hall–Kier alpha value is -3.92. The van der Waals surface area contributed by atoms with Crippen LogP contribution < -0.4 is 5.84 Å². The van der Waals surface area contributed by atoms with Crippen LogP contribution in [-0.2, 0) is 19.9 Å².